The Kier molecular flexibility index (Phi) is 5.09. The van der Waals surface area contributed by atoms with Crippen molar-refractivity contribution in [3.8, 4) is 11.5 Å². The van der Waals surface area contributed by atoms with Crippen molar-refractivity contribution in [2.45, 2.75) is 18.9 Å². The molecule has 2 atom stereocenters. The molecule has 0 spiro atoms. The number of ether oxygens (including phenoxy) is 2. The summed E-state index contributed by atoms with van der Waals surface area (Å²) in [5, 5.41) is 10.0. The lowest BCUT2D eigenvalue weighted by Gasteiger charge is -2.13. The number of carbonyl (C=O) groups excluding carboxylic acids is 1. The van der Waals surface area contributed by atoms with Crippen LogP contribution < -0.4 is 15.2 Å². The van der Waals surface area contributed by atoms with E-state index in [0.29, 0.717) is 23.2 Å². The Morgan fingerprint density at radius 3 is 2.68 bits per heavy atom. The van der Waals surface area contributed by atoms with Gasteiger partial charge in [-0.3, -0.25) is 5.21 Å². The fourth-order valence-electron chi connectivity index (χ4n) is 2.94. The Morgan fingerprint density at radius 1 is 1.24 bits per heavy atom. The predicted octanol–water partition coefficient (Wildman–Crippen LogP) is 3.15. The fourth-order valence-corrected chi connectivity index (χ4v) is 2.94. The molecule has 1 fully saturated rings. The number of nitrogens with zero attached hydrogens (tertiary/aromatic N) is 1. The molecule has 2 amide bonds. The summed E-state index contributed by atoms with van der Waals surface area (Å²) in [7, 11) is 1.61. The van der Waals surface area contributed by atoms with E-state index in [4.69, 9.17) is 15.2 Å². The number of urea groups is 1. The Hall–Kier alpha value is -2.73. The van der Waals surface area contributed by atoms with Crippen molar-refractivity contribution in [3.05, 3.63) is 59.7 Å². The van der Waals surface area contributed by atoms with Crippen molar-refractivity contribution in [2.75, 3.05) is 13.7 Å². The standard InChI is InChI=1S/C19H22N2O4/c1-24-18-10-14(16-9-15(16)11-21(23)19(20)22)7-8-17(18)25-12-13-5-3-2-4-6-13/h2-8,10,15-16,23H,9,11-12H2,1H3,(H2,20,22)/t15-,16-/m0/s1. The smallest absolute Gasteiger partial charge is 0.338 e. The summed E-state index contributed by atoms with van der Waals surface area (Å²) < 4.78 is 11.3. The second-order valence-corrected chi connectivity index (χ2v) is 6.21. The van der Waals surface area contributed by atoms with E-state index in [1.165, 1.54) is 0 Å². The van der Waals surface area contributed by atoms with Crippen LogP contribution in [0.4, 0.5) is 4.79 Å². The third kappa shape index (κ3) is 4.22. The van der Waals surface area contributed by atoms with Crippen molar-refractivity contribution in [1.82, 2.24) is 5.06 Å². The summed E-state index contributed by atoms with van der Waals surface area (Å²) in [6, 6.07) is 15.0. The van der Waals surface area contributed by atoms with E-state index in [1.54, 1.807) is 7.11 Å². The predicted molar refractivity (Wildman–Crippen MR) is 92.7 cm³/mol. The van der Waals surface area contributed by atoms with Gasteiger partial charge in [-0.1, -0.05) is 36.4 Å². The maximum absolute atomic E-state index is 10.9. The SMILES string of the molecule is COc1cc([C@@H]2C[C@H]2CN(O)C(N)=O)ccc1OCc1ccccc1. The van der Waals surface area contributed by atoms with E-state index in [9.17, 15) is 10.0 Å². The molecule has 1 aliphatic rings. The molecule has 1 saturated carbocycles. The van der Waals surface area contributed by atoms with Gasteiger partial charge >= 0.3 is 6.03 Å². The van der Waals surface area contributed by atoms with Gasteiger partial charge in [-0.15, -0.1) is 0 Å². The molecular weight excluding hydrogens is 320 g/mol. The maximum atomic E-state index is 10.9. The average Bonchev–Trinajstić information content (AvgIpc) is 3.39. The first-order valence-electron chi connectivity index (χ1n) is 8.19. The number of hydrogen-bond acceptors (Lipinski definition) is 4. The van der Waals surface area contributed by atoms with Gasteiger partial charge in [0.15, 0.2) is 11.5 Å². The van der Waals surface area contributed by atoms with Crippen LogP contribution in [0.2, 0.25) is 0 Å². The van der Waals surface area contributed by atoms with Crippen molar-refractivity contribution in [1.29, 1.82) is 0 Å². The molecule has 0 heterocycles. The summed E-state index contributed by atoms with van der Waals surface area (Å²) in [6.07, 6.45) is 0.901. The Bertz CT molecular complexity index is 735. The zero-order valence-electron chi connectivity index (χ0n) is 14.1. The highest BCUT2D eigenvalue weighted by atomic mass is 16.5. The normalized spacial score (nSPS) is 18.5. The van der Waals surface area contributed by atoms with Gasteiger partial charge in [0.2, 0.25) is 0 Å². The van der Waals surface area contributed by atoms with Gasteiger partial charge < -0.3 is 15.2 Å². The third-order valence-corrected chi connectivity index (χ3v) is 4.44. The van der Waals surface area contributed by atoms with Crippen molar-refractivity contribution < 1.29 is 19.5 Å². The first-order chi connectivity index (χ1) is 12.1. The molecule has 1 aliphatic carbocycles. The van der Waals surface area contributed by atoms with Gasteiger partial charge in [0.1, 0.15) is 6.61 Å². The molecule has 0 bridgehead atoms. The highest BCUT2D eigenvalue weighted by molar-refractivity contribution is 5.70. The van der Waals surface area contributed by atoms with E-state index >= 15 is 0 Å². The number of benzene rings is 2. The van der Waals surface area contributed by atoms with E-state index in [2.05, 4.69) is 0 Å². The highest BCUT2D eigenvalue weighted by Gasteiger charge is 2.40. The van der Waals surface area contributed by atoms with Crippen LogP contribution in [0, 0.1) is 5.92 Å². The lowest BCUT2D eigenvalue weighted by molar-refractivity contribution is -0.0431. The second-order valence-electron chi connectivity index (χ2n) is 6.21. The van der Waals surface area contributed by atoms with Crippen LogP contribution in [0.25, 0.3) is 0 Å². The van der Waals surface area contributed by atoms with Crippen LogP contribution in [0.5, 0.6) is 11.5 Å². The molecule has 0 aromatic heterocycles. The number of hydrogen-bond donors (Lipinski definition) is 2. The van der Waals surface area contributed by atoms with Crippen LogP contribution in [-0.4, -0.2) is 30.0 Å². The van der Waals surface area contributed by atoms with E-state index < -0.39 is 6.03 Å². The average molecular weight is 342 g/mol. The summed E-state index contributed by atoms with van der Waals surface area (Å²) in [6.45, 7) is 0.718. The van der Waals surface area contributed by atoms with Crippen LogP contribution in [0.3, 0.4) is 0 Å². The minimum Gasteiger partial charge on any atom is -0.493 e. The Balaban J connectivity index is 1.63. The molecule has 2 aromatic carbocycles. The second kappa shape index (κ2) is 7.44. The monoisotopic (exact) mass is 342 g/mol. The number of rotatable bonds is 7. The molecule has 132 valence electrons. The van der Waals surface area contributed by atoms with Crippen molar-refractivity contribution in [3.63, 3.8) is 0 Å². The quantitative estimate of drug-likeness (QED) is 0.598. The molecule has 6 nitrogen and oxygen atoms in total. The van der Waals surface area contributed by atoms with Gasteiger partial charge in [0, 0.05) is 0 Å². The Labute approximate surface area is 146 Å². The summed E-state index contributed by atoms with van der Waals surface area (Å²) in [5.41, 5.74) is 7.24. The Morgan fingerprint density at radius 2 is 2.00 bits per heavy atom. The van der Waals surface area contributed by atoms with E-state index in [1.807, 2.05) is 48.5 Å². The molecule has 0 unspecified atom stereocenters. The lowest BCUT2D eigenvalue weighted by atomic mass is 10.1. The molecule has 3 rings (SSSR count). The molecule has 0 radical (unpaired) electrons. The van der Waals surface area contributed by atoms with Crippen molar-refractivity contribution in [2.24, 2.45) is 11.7 Å². The zero-order chi connectivity index (χ0) is 17.8. The summed E-state index contributed by atoms with van der Waals surface area (Å²) in [4.78, 5) is 10.9. The minimum atomic E-state index is -0.826. The maximum Gasteiger partial charge on any atom is 0.338 e. The number of methoxy groups -OCH3 is 1. The summed E-state index contributed by atoms with van der Waals surface area (Å²) >= 11 is 0. The topological polar surface area (TPSA) is 85.0 Å². The largest absolute Gasteiger partial charge is 0.493 e. The first-order valence-corrected chi connectivity index (χ1v) is 8.19. The summed E-state index contributed by atoms with van der Waals surface area (Å²) in [5.74, 6) is 1.85. The molecule has 0 aliphatic heterocycles. The number of primary amides is 1. The molecular formula is C19H22N2O4. The molecule has 0 saturated heterocycles. The molecule has 2 aromatic rings. The fraction of sp³-hybridized carbons (Fsp3) is 0.316. The van der Waals surface area contributed by atoms with Gasteiger partial charge in [-0.2, -0.15) is 0 Å². The number of hydroxylamine groups is 2. The van der Waals surface area contributed by atoms with Crippen molar-refractivity contribution >= 4 is 6.03 Å². The van der Waals surface area contributed by atoms with Crippen LogP contribution >= 0.6 is 0 Å². The van der Waals surface area contributed by atoms with Gasteiger partial charge in [0.25, 0.3) is 0 Å². The highest BCUT2D eigenvalue weighted by Crippen LogP contribution is 2.49. The van der Waals surface area contributed by atoms with Crippen LogP contribution in [0.15, 0.2) is 48.5 Å². The number of carbonyl (C=O) groups is 1. The molecule has 3 N–H and O–H groups in total. The van der Waals surface area contributed by atoms with Crippen LogP contribution in [-0.2, 0) is 6.61 Å². The van der Waals surface area contributed by atoms with Crippen LogP contribution in [0.1, 0.15) is 23.5 Å². The van der Waals surface area contributed by atoms with E-state index in [0.717, 1.165) is 17.5 Å². The van der Waals surface area contributed by atoms with E-state index in [-0.39, 0.29) is 18.4 Å². The van der Waals surface area contributed by atoms with Gasteiger partial charge in [-0.05, 0) is 41.5 Å². The first kappa shape index (κ1) is 17.1. The molecule has 25 heavy (non-hydrogen) atoms. The third-order valence-electron chi connectivity index (χ3n) is 4.44. The minimum absolute atomic E-state index is 0.207. The van der Waals surface area contributed by atoms with Gasteiger partial charge in [0.05, 0.1) is 13.7 Å². The number of nitrogens with two attached hydrogens (primary N) is 1. The zero-order valence-corrected chi connectivity index (χ0v) is 14.1. The lowest BCUT2D eigenvalue weighted by Crippen LogP contribution is -2.34. The number of amides is 2. The molecule has 6 heteroatoms. The van der Waals surface area contributed by atoms with Gasteiger partial charge in [-0.25, -0.2) is 9.86 Å².